The zero-order chi connectivity index (χ0) is 17.5. The highest BCUT2D eigenvalue weighted by Crippen LogP contribution is 2.46. The Morgan fingerprint density at radius 3 is 2.67 bits per heavy atom. The largest absolute Gasteiger partial charge is 0.480 e. The zero-order valence-corrected chi connectivity index (χ0v) is 13.9. The molecule has 2 heterocycles. The summed E-state index contributed by atoms with van der Waals surface area (Å²) in [5, 5.41) is 23.2. The third kappa shape index (κ3) is 2.90. The Balaban J connectivity index is 1.90. The number of para-hydroxylation sites is 1. The van der Waals surface area contributed by atoms with Gasteiger partial charge in [0.2, 0.25) is 0 Å². The van der Waals surface area contributed by atoms with Crippen molar-refractivity contribution < 1.29 is 19.2 Å². The van der Waals surface area contributed by atoms with Crippen LogP contribution in [0.4, 0.5) is 5.69 Å². The van der Waals surface area contributed by atoms with Crippen LogP contribution in [0.15, 0.2) is 40.8 Å². The molecular weight excluding hydrogens is 332 g/mol. The molecule has 0 aliphatic carbocycles. The lowest BCUT2D eigenvalue weighted by Gasteiger charge is -2.20. The zero-order valence-electron chi connectivity index (χ0n) is 13.1. The maximum atomic E-state index is 11.4. The number of carboxylic acids is 1. The van der Waals surface area contributed by atoms with E-state index in [4.69, 9.17) is 4.42 Å². The van der Waals surface area contributed by atoms with Crippen LogP contribution in [0.3, 0.4) is 0 Å². The second kappa shape index (κ2) is 5.95. The second-order valence-corrected chi connectivity index (χ2v) is 7.77. The van der Waals surface area contributed by atoms with Gasteiger partial charge in [-0.25, -0.2) is 0 Å². The van der Waals surface area contributed by atoms with E-state index in [9.17, 15) is 20.0 Å². The lowest BCUT2D eigenvalue weighted by molar-refractivity contribution is -0.384. The molecule has 0 saturated carbocycles. The fourth-order valence-corrected chi connectivity index (χ4v) is 4.11. The van der Waals surface area contributed by atoms with Crippen LogP contribution in [0.25, 0.3) is 11.3 Å². The molecule has 0 radical (unpaired) electrons. The molecule has 2 N–H and O–H groups in total. The van der Waals surface area contributed by atoms with Gasteiger partial charge in [-0.3, -0.25) is 20.2 Å². The average molecular weight is 348 g/mol. The molecule has 1 fully saturated rings. The third-order valence-corrected chi connectivity index (χ3v) is 5.38. The van der Waals surface area contributed by atoms with E-state index < -0.39 is 21.7 Å². The van der Waals surface area contributed by atoms with E-state index in [1.807, 2.05) is 13.8 Å². The number of rotatable bonds is 4. The number of thioether (sulfide) groups is 1. The molecule has 2 unspecified atom stereocenters. The SMILES string of the molecule is CC1(C)SC(c2ccc(-c3ccccc3[N+](=O)[O-])o2)NC1C(=O)O. The molecular formula is C16H16N2O5S. The highest BCUT2D eigenvalue weighted by molar-refractivity contribution is 8.01. The van der Waals surface area contributed by atoms with Crippen LogP contribution in [0.5, 0.6) is 0 Å². The number of aliphatic carboxylic acids is 1. The summed E-state index contributed by atoms with van der Waals surface area (Å²) in [7, 11) is 0. The quantitative estimate of drug-likeness (QED) is 0.644. The minimum atomic E-state index is -0.916. The van der Waals surface area contributed by atoms with E-state index >= 15 is 0 Å². The Bertz CT molecular complexity index is 801. The Labute approximate surface area is 142 Å². The van der Waals surface area contributed by atoms with Gasteiger partial charge >= 0.3 is 5.97 Å². The first-order valence-electron chi connectivity index (χ1n) is 7.30. The number of carbonyl (C=O) groups is 1. The van der Waals surface area contributed by atoms with E-state index in [2.05, 4.69) is 5.32 Å². The van der Waals surface area contributed by atoms with Gasteiger partial charge in [-0.2, -0.15) is 0 Å². The standard InChI is InChI=1S/C16H16N2O5S/c1-16(2)13(15(19)20)17-14(24-16)12-8-7-11(23-12)9-5-3-4-6-10(9)18(21)22/h3-8,13-14,17H,1-2H3,(H,19,20). The van der Waals surface area contributed by atoms with Gasteiger partial charge in [-0.1, -0.05) is 12.1 Å². The number of furan rings is 1. The molecule has 1 aliphatic rings. The van der Waals surface area contributed by atoms with E-state index in [0.29, 0.717) is 17.1 Å². The van der Waals surface area contributed by atoms with Gasteiger partial charge in [-0.15, -0.1) is 11.8 Å². The first-order valence-corrected chi connectivity index (χ1v) is 8.18. The molecule has 24 heavy (non-hydrogen) atoms. The minimum Gasteiger partial charge on any atom is -0.480 e. The Kier molecular flexibility index (Phi) is 4.10. The van der Waals surface area contributed by atoms with Crippen molar-refractivity contribution in [2.45, 2.75) is 30.0 Å². The maximum Gasteiger partial charge on any atom is 0.322 e. The molecule has 1 aromatic heterocycles. The van der Waals surface area contributed by atoms with Crippen molar-refractivity contribution in [1.29, 1.82) is 0 Å². The highest BCUT2D eigenvalue weighted by Gasteiger charge is 2.46. The van der Waals surface area contributed by atoms with Crippen molar-refractivity contribution in [2.75, 3.05) is 0 Å². The summed E-state index contributed by atoms with van der Waals surface area (Å²) in [6, 6.07) is 9.03. The molecule has 0 bridgehead atoms. The summed E-state index contributed by atoms with van der Waals surface area (Å²) in [5.74, 6) is 0.0155. The summed E-state index contributed by atoms with van der Waals surface area (Å²) >= 11 is 1.46. The van der Waals surface area contributed by atoms with E-state index in [1.165, 1.54) is 17.8 Å². The Morgan fingerprint density at radius 1 is 1.33 bits per heavy atom. The minimum absolute atomic E-state index is 0.0332. The van der Waals surface area contributed by atoms with Crippen LogP contribution < -0.4 is 5.32 Å². The molecule has 7 nitrogen and oxygen atoms in total. The van der Waals surface area contributed by atoms with Crippen LogP contribution in [-0.4, -0.2) is 26.8 Å². The lowest BCUT2D eigenvalue weighted by Crippen LogP contribution is -2.43. The number of nitrogens with one attached hydrogen (secondary N) is 1. The van der Waals surface area contributed by atoms with Crippen LogP contribution in [0.1, 0.15) is 25.0 Å². The number of nitrogens with zero attached hydrogens (tertiary/aromatic N) is 1. The molecule has 1 saturated heterocycles. The van der Waals surface area contributed by atoms with Gasteiger partial charge < -0.3 is 9.52 Å². The van der Waals surface area contributed by atoms with Crippen LogP contribution in [0, 0.1) is 10.1 Å². The van der Waals surface area contributed by atoms with E-state index in [0.717, 1.165) is 0 Å². The molecule has 2 atom stereocenters. The van der Waals surface area contributed by atoms with Gasteiger partial charge in [0.25, 0.3) is 5.69 Å². The maximum absolute atomic E-state index is 11.4. The molecule has 0 amide bonds. The molecule has 2 aromatic rings. The van der Waals surface area contributed by atoms with Gasteiger partial charge in [0.15, 0.2) is 0 Å². The molecule has 8 heteroatoms. The fourth-order valence-electron chi connectivity index (χ4n) is 2.75. The van der Waals surface area contributed by atoms with Crippen LogP contribution >= 0.6 is 11.8 Å². The van der Waals surface area contributed by atoms with Crippen molar-refractivity contribution >= 4 is 23.4 Å². The number of benzene rings is 1. The number of hydrogen-bond acceptors (Lipinski definition) is 6. The smallest absolute Gasteiger partial charge is 0.322 e. The van der Waals surface area contributed by atoms with Crippen molar-refractivity contribution in [3.63, 3.8) is 0 Å². The predicted octanol–water partition coefficient (Wildman–Crippen LogP) is 3.42. The Hall–Kier alpha value is -2.32. The van der Waals surface area contributed by atoms with Gasteiger partial charge in [0.1, 0.15) is 22.9 Å². The lowest BCUT2D eigenvalue weighted by atomic mass is 10.0. The van der Waals surface area contributed by atoms with Crippen molar-refractivity contribution in [1.82, 2.24) is 5.32 Å². The van der Waals surface area contributed by atoms with Crippen molar-refractivity contribution in [3.8, 4) is 11.3 Å². The summed E-state index contributed by atoms with van der Waals surface area (Å²) in [6.07, 6.45) is 0. The first-order chi connectivity index (χ1) is 11.3. The molecule has 1 aromatic carbocycles. The van der Waals surface area contributed by atoms with E-state index in [1.54, 1.807) is 30.3 Å². The number of carboxylic acid groups (broad SMARTS) is 1. The molecule has 0 spiro atoms. The first kappa shape index (κ1) is 16.5. The molecule has 126 valence electrons. The monoisotopic (exact) mass is 348 g/mol. The fraction of sp³-hybridized carbons (Fsp3) is 0.312. The van der Waals surface area contributed by atoms with Gasteiger partial charge in [0, 0.05) is 10.8 Å². The molecule has 1 aliphatic heterocycles. The molecule has 3 rings (SSSR count). The number of nitro groups is 1. The van der Waals surface area contributed by atoms with Gasteiger partial charge in [-0.05, 0) is 32.0 Å². The van der Waals surface area contributed by atoms with Crippen molar-refractivity contribution in [2.24, 2.45) is 0 Å². The van der Waals surface area contributed by atoms with E-state index in [-0.39, 0.29) is 11.1 Å². The number of hydrogen-bond donors (Lipinski definition) is 2. The second-order valence-electron chi connectivity index (χ2n) is 6.02. The Morgan fingerprint density at radius 2 is 2.04 bits per heavy atom. The number of nitro benzene ring substituents is 1. The summed E-state index contributed by atoms with van der Waals surface area (Å²) in [4.78, 5) is 22.0. The van der Waals surface area contributed by atoms with Gasteiger partial charge in [0.05, 0.1) is 10.5 Å². The predicted molar refractivity (Wildman–Crippen MR) is 89.8 cm³/mol. The normalized spacial score (nSPS) is 22.4. The third-order valence-electron chi connectivity index (χ3n) is 3.93. The highest BCUT2D eigenvalue weighted by atomic mass is 32.2. The summed E-state index contributed by atoms with van der Waals surface area (Å²) in [5.41, 5.74) is 0.361. The van der Waals surface area contributed by atoms with Crippen LogP contribution in [0.2, 0.25) is 0 Å². The summed E-state index contributed by atoms with van der Waals surface area (Å²) < 4.78 is 5.29. The van der Waals surface area contributed by atoms with Crippen LogP contribution in [-0.2, 0) is 4.79 Å². The topological polar surface area (TPSA) is 106 Å². The average Bonchev–Trinajstić information content (AvgIpc) is 3.11. The van der Waals surface area contributed by atoms with Crippen molar-refractivity contribution in [3.05, 3.63) is 52.3 Å². The summed E-state index contributed by atoms with van der Waals surface area (Å²) in [6.45, 7) is 3.71.